The highest BCUT2D eigenvalue weighted by Crippen LogP contribution is 2.19. The Bertz CT molecular complexity index is 713. The average Bonchev–Trinajstić information content (AvgIpc) is 2.94. The lowest BCUT2D eigenvalue weighted by atomic mass is 10.1. The van der Waals surface area contributed by atoms with E-state index < -0.39 is 0 Å². The van der Waals surface area contributed by atoms with E-state index in [0.717, 1.165) is 54.6 Å². The van der Waals surface area contributed by atoms with Gasteiger partial charge in [-0.3, -0.25) is 4.99 Å². The summed E-state index contributed by atoms with van der Waals surface area (Å²) in [4.78, 5) is 9.01. The van der Waals surface area contributed by atoms with Crippen LogP contribution in [-0.4, -0.2) is 48.7 Å². The van der Waals surface area contributed by atoms with Crippen LogP contribution >= 0.6 is 11.6 Å². The van der Waals surface area contributed by atoms with E-state index in [2.05, 4.69) is 32.1 Å². The summed E-state index contributed by atoms with van der Waals surface area (Å²) in [6, 6.07) is 7.96. The zero-order valence-corrected chi connectivity index (χ0v) is 15.5. The highest BCUT2D eigenvalue weighted by Gasteiger charge is 2.18. The molecule has 1 aliphatic heterocycles. The van der Waals surface area contributed by atoms with Crippen LogP contribution in [0.2, 0.25) is 5.02 Å². The second kappa shape index (κ2) is 7.78. The molecule has 134 valence electrons. The van der Waals surface area contributed by atoms with Crippen molar-refractivity contribution in [3.05, 3.63) is 46.3 Å². The largest absolute Gasteiger partial charge is 0.370 e. The van der Waals surface area contributed by atoms with Gasteiger partial charge in [-0.2, -0.15) is 0 Å². The van der Waals surface area contributed by atoms with Gasteiger partial charge >= 0.3 is 0 Å². The van der Waals surface area contributed by atoms with E-state index in [1.54, 1.807) is 0 Å². The number of hydrogen-bond donors (Lipinski definition) is 1. The first-order valence-corrected chi connectivity index (χ1v) is 8.89. The van der Waals surface area contributed by atoms with Crippen LogP contribution in [0.3, 0.4) is 0 Å². The van der Waals surface area contributed by atoms with Gasteiger partial charge in [-0.25, -0.2) is 0 Å². The zero-order chi connectivity index (χ0) is 17.8. The predicted octanol–water partition coefficient (Wildman–Crippen LogP) is 2.62. The standard InChI is InChI=1S/C18H24ClN5O/c1-13-17(14(2)25-22-13)7-8-21-18(20)24-11-9-23(10-12-24)16-5-3-15(19)4-6-16/h3-6H,7-12H2,1-2H3,(H2,20,21). The number of aryl methyl sites for hydroxylation is 2. The minimum absolute atomic E-state index is 0.613. The fraction of sp³-hybridized carbons (Fsp3) is 0.444. The van der Waals surface area contributed by atoms with Crippen molar-refractivity contribution >= 4 is 23.2 Å². The molecule has 1 aromatic carbocycles. The van der Waals surface area contributed by atoms with Gasteiger partial charge in [0.2, 0.25) is 0 Å². The molecule has 1 aromatic heterocycles. The summed E-state index contributed by atoms with van der Waals surface area (Å²) >= 11 is 5.95. The predicted molar refractivity (Wildman–Crippen MR) is 101 cm³/mol. The fourth-order valence-corrected chi connectivity index (χ4v) is 3.21. The number of hydrogen-bond acceptors (Lipinski definition) is 4. The molecule has 2 aromatic rings. The van der Waals surface area contributed by atoms with Gasteiger partial charge in [0, 0.05) is 49.0 Å². The number of nitrogens with zero attached hydrogens (tertiary/aromatic N) is 4. The van der Waals surface area contributed by atoms with Gasteiger partial charge in [-0.1, -0.05) is 16.8 Å². The van der Waals surface area contributed by atoms with E-state index in [0.29, 0.717) is 12.5 Å². The Morgan fingerprint density at radius 3 is 2.48 bits per heavy atom. The third-order valence-corrected chi connectivity index (χ3v) is 4.86. The number of benzene rings is 1. The first kappa shape index (κ1) is 17.6. The van der Waals surface area contributed by atoms with Crippen LogP contribution in [0.5, 0.6) is 0 Å². The van der Waals surface area contributed by atoms with Crippen LogP contribution in [0.1, 0.15) is 17.0 Å². The quantitative estimate of drug-likeness (QED) is 0.669. The Hall–Kier alpha value is -2.21. The van der Waals surface area contributed by atoms with Crippen molar-refractivity contribution in [2.24, 2.45) is 10.7 Å². The van der Waals surface area contributed by atoms with E-state index in [9.17, 15) is 0 Å². The smallest absolute Gasteiger partial charge is 0.191 e. The van der Waals surface area contributed by atoms with Crippen LogP contribution in [-0.2, 0) is 6.42 Å². The van der Waals surface area contributed by atoms with Gasteiger partial charge in [0.25, 0.3) is 0 Å². The SMILES string of the molecule is Cc1noc(C)c1CCN=C(N)N1CCN(c2ccc(Cl)cc2)CC1. The molecular formula is C18H24ClN5O. The molecule has 0 aliphatic carbocycles. The third kappa shape index (κ3) is 4.25. The van der Waals surface area contributed by atoms with Crippen LogP contribution < -0.4 is 10.6 Å². The van der Waals surface area contributed by atoms with Gasteiger partial charge in [0.15, 0.2) is 5.96 Å². The average molecular weight is 362 g/mol. The van der Waals surface area contributed by atoms with Gasteiger partial charge in [-0.05, 0) is 44.5 Å². The van der Waals surface area contributed by atoms with E-state index in [4.69, 9.17) is 21.9 Å². The number of aliphatic imine (C=N–C) groups is 1. The van der Waals surface area contributed by atoms with E-state index in [-0.39, 0.29) is 0 Å². The molecule has 7 heteroatoms. The summed E-state index contributed by atoms with van der Waals surface area (Å²) in [6.45, 7) is 8.09. The number of rotatable bonds is 4. The summed E-state index contributed by atoms with van der Waals surface area (Å²) < 4.78 is 5.18. The van der Waals surface area contributed by atoms with Crippen LogP contribution in [0, 0.1) is 13.8 Å². The van der Waals surface area contributed by atoms with Crippen molar-refractivity contribution < 1.29 is 4.52 Å². The van der Waals surface area contributed by atoms with E-state index >= 15 is 0 Å². The maximum Gasteiger partial charge on any atom is 0.191 e. The number of nitrogens with two attached hydrogens (primary N) is 1. The number of piperazine rings is 1. The van der Waals surface area contributed by atoms with Crippen molar-refractivity contribution in [3.8, 4) is 0 Å². The molecule has 0 unspecified atom stereocenters. The fourth-order valence-electron chi connectivity index (χ4n) is 3.09. The molecule has 0 saturated carbocycles. The Morgan fingerprint density at radius 1 is 1.20 bits per heavy atom. The summed E-state index contributed by atoms with van der Waals surface area (Å²) in [5.74, 6) is 1.48. The zero-order valence-electron chi connectivity index (χ0n) is 14.7. The molecule has 0 spiro atoms. The maximum atomic E-state index is 6.17. The molecule has 0 amide bonds. The molecular weight excluding hydrogens is 338 g/mol. The summed E-state index contributed by atoms with van der Waals surface area (Å²) in [5, 5.41) is 4.73. The van der Waals surface area contributed by atoms with E-state index in [1.165, 1.54) is 5.69 Å². The topological polar surface area (TPSA) is 70.9 Å². The first-order chi connectivity index (χ1) is 12.0. The Labute approximate surface area is 153 Å². The summed E-state index contributed by atoms with van der Waals surface area (Å²) in [6.07, 6.45) is 0.798. The molecule has 1 saturated heterocycles. The Morgan fingerprint density at radius 2 is 1.88 bits per heavy atom. The van der Waals surface area contributed by atoms with Crippen LogP contribution in [0.25, 0.3) is 0 Å². The highest BCUT2D eigenvalue weighted by atomic mass is 35.5. The number of guanidine groups is 1. The minimum atomic E-state index is 0.613. The molecule has 1 aliphatic rings. The molecule has 6 nitrogen and oxygen atoms in total. The second-order valence-electron chi connectivity index (χ2n) is 6.24. The summed E-state index contributed by atoms with van der Waals surface area (Å²) in [7, 11) is 0. The molecule has 3 rings (SSSR count). The van der Waals surface area contributed by atoms with Gasteiger partial charge in [0.05, 0.1) is 5.69 Å². The van der Waals surface area contributed by atoms with Crippen molar-refractivity contribution in [1.82, 2.24) is 10.1 Å². The van der Waals surface area contributed by atoms with Gasteiger partial charge in [0.1, 0.15) is 5.76 Å². The first-order valence-electron chi connectivity index (χ1n) is 8.51. The Balaban J connectivity index is 1.51. The summed E-state index contributed by atoms with van der Waals surface area (Å²) in [5.41, 5.74) is 9.42. The second-order valence-corrected chi connectivity index (χ2v) is 6.68. The molecule has 25 heavy (non-hydrogen) atoms. The van der Waals surface area contributed by atoms with E-state index in [1.807, 2.05) is 26.0 Å². The molecule has 0 atom stereocenters. The van der Waals surface area contributed by atoms with Crippen molar-refractivity contribution in [1.29, 1.82) is 0 Å². The minimum Gasteiger partial charge on any atom is -0.370 e. The van der Waals surface area contributed by atoms with Crippen molar-refractivity contribution in [3.63, 3.8) is 0 Å². The molecule has 2 N–H and O–H groups in total. The lowest BCUT2D eigenvalue weighted by Gasteiger charge is -2.36. The maximum absolute atomic E-state index is 6.17. The lowest BCUT2D eigenvalue weighted by Crippen LogP contribution is -2.51. The van der Waals surface area contributed by atoms with Crippen LogP contribution in [0.15, 0.2) is 33.8 Å². The Kier molecular flexibility index (Phi) is 5.48. The third-order valence-electron chi connectivity index (χ3n) is 4.61. The number of aromatic nitrogens is 1. The van der Waals surface area contributed by atoms with Crippen LogP contribution in [0.4, 0.5) is 5.69 Å². The monoisotopic (exact) mass is 361 g/mol. The molecule has 1 fully saturated rings. The van der Waals surface area contributed by atoms with Crippen molar-refractivity contribution in [2.45, 2.75) is 20.3 Å². The number of halogens is 1. The normalized spacial score (nSPS) is 15.7. The molecule has 0 bridgehead atoms. The van der Waals surface area contributed by atoms with Gasteiger partial charge in [-0.15, -0.1) is 0 Å². The molecule has 0 radical (unpaired) electrons. The highest BCUT2D eigenvalue weighted by molar-refractivity contribution is 6.30. The van der Waals surface area contributed by atoms with Gasteiger partial charge < -0.3 is 20.1 Å². The molecule has 2 heterocycles. The number of anilines is 1. The van der Waals surface area contributed by atoms with Crippen molar-refractivity contribution in [2.75, 3.05) is 37.6 Å². The lowest BCUT2D eigenvalue weighted by molar-refractivity contribution is 0.381.